The number of benzene rings is 1. The van der Waals surface area contributed by atoms with Crippen molar-refractivity contribution < 1.29 is 4.79 Å². The maximum absolute atomic E-state index is 12.0. The second-order valence-corrected chi connectivity index (χ2v) is 6.25. The molecule has 1 saturated carbocycles. The fourth-order valence-corrected chi connectivity index (χ4v) is 3.11. The van der Waals surface area contributed by atoms with Gasteiger partial charge in [-0.1, -0.05) is 38.2 Å². The van der Waals surface area contributed by atoms with Gasteiger partial charge in [-0.2, -0.15) is 0 Å². The van der Waals surface area contributed by atoms with Crippen molar-refractivity contribution >= 4 is 23.5 Å². The number of rotatable bonds is 3. The summed E-state index contributed by atoms with van der Waals surface area (Å²) < 4.78 is 0. The summed E-state index contributed by atoms with van der Waals surface area (Å²) in [6, 6.07) is 8.20. The highest BCUT2D eigenvalue weighted by Gasteiger charge is 2.13. The van der Waals surface area contributed by atoms with Crippen molar-refractivity contribution in [2.45, 2.75) is 55.9 Å². The highest BCUT2D eigenvalue weighted by Crippen LogP contribution is 2.20. The van der Waals surface area contributed by atoms with Gasteiger partial charge in [0.05, 0.1) is 0 Å². The van der Waals surface area contributed by atoms with Crippen LogP contribution in [0.2, 0.25) is 0 Å². The lowest BCUT2D eigenvalue weighted by atomic mass is 9.97. The van der Waals surface area contributed by atoms with Gasteiger partial charge in [0, 0.05) is 16.6 Å². The Bertz CT molecular complexity index is 428. The molecule has 1 aliphatic rings. The first-order valence-corrected chi connectivity index (χ1v) is 8.72. The summed E-state index contributed by atoms with van der Waals surface area (Å²) in [6.45, 7) is 0. The minimum atomic E-state index is -0.0752. The van der Waals surface area contributed by atoms with E-state index in [1.54, 1.807) is 11.8 Å². The molecule has 0 unspecified atom stereocenters. The number of hydrogen-bond donors (Lipinski definition) is 2. The third kappa shape index (κ3) is 5.08. The van der Waals surface area contributed by atoms with Gasteiger partial charge in [0.25, 0.3) is 0 Å². The zero-order chi connectivity index (χ0) is 14.2. The number of anilines is 1. The van der Waals surface area contributed by atoms with Crippen molar-refractivity contribution in [1.29, 1.82) is 0 Å². The molecule has 0 radical (unpaired) electrons. The lowest BCUT2D eigenvalue weighted by molar-refractivity contribution is 0.245. The summed E-state index contributed by atoms with van der Waals surface area (Å²) in [6.07, 6.45) is 10.7. The van der Waals surface area contributed by atoms with Crippen molar-refractivity contribution in [2.24, 2.45) is 0 Å². The molecule has 1 aliphatic carbocycles. The van der Waals surface area contributed by atoms with Crippen LogP contribution in [0.25, 0.3) is 0 Å². The molecule has 2 rings (SSSR count). The first kappa shape index (κ1) is 15.2. The van der Waals surface area contributed by atoms with Crippen LogP contribution in [0.4, 0.5) is 10.5 Å². The molecule has 2 amide bonds. The van der Waals surface area contributed by atoms with Crippen LogP contribution < -0.4 is 10.6 Å². The SMILES string of the molecule is CSc1cccc(NC(=O)NC2CCCCCCC2)c1. The van der Waals surface area contributed by atoms with Crippen LogP contribution in [-0.4, -0.2) is 18.3 Å². The molecule has 0 bridgehead atoms. The number of amides is 2. The van der Waals surface area contributed by atoms with Crippen LogP contribution in [0.3, 0.4) is 0 Å². The highest BCUT2D eigenvalue weighted by molar-refractivity contribution is 7.98. The number of thioether (sulfide) groups is 1. The van der Waals surface area contributed by atoms with E-state index in [2.05, 4.69) is 10.6 Å². The summed E-state index contributed by atoms with van der Waals surface area (Å²) in [5, 5.41) is 6.05. The molecular formula is C16H24N2OS. The topological polar surface area (TPSA) is 41.1 Å². The molecule has 0 saturated heterocycles. The number of carbonyl (C=O) groups excluding carboxylic acids is 1. The fourth-order valence-electron chi connectivity index (χ4n) is 2.65. The van der Waals surface area contributed by atoms with E-state index in [0.717, 1.165) is 23.4 Å². The first-order chi connectivity index (χ1) is 9.78. The van der Waals surface area contributed by atoms with Gasteiger partial charge in [0.2, 0.25) is 0 Å². The standard InChI is InChI=1S/C16H24N2OS/c1-20-15-11-7-10-14(12-15)18-16(19)17-13-8-5-3-2-4-6-9-13/h7,10-13H,2-6,8-9H2,1H3,(H2,17,18,19). The summed E-state index contributed by atoms with van der Waals surface area (Å²) >= 11 is 1.68. The molecule has 1 aromatic carbocycles. The minimum absolute atomic E-state index is 0.0752. The third-order valence-corrected chi connectivity index (χ3v) is 4.49. The first-order valence-electron chi connectivity index (χ1n) is 7.49. The minimum Gasteiger partial charge on any atom is -0.335 e. The molecule has 110 valence electrons. The maximum Gasteiger partial charge on any atom is 0.319 e. The average Bonchev–Trinajstić information content (AvgIpc) is 2.42. The predicted octanol–water partition coefficient (Wildman–Crippen LogP) is 4.64. The Hall–Kier alpha value is -1.16. The van der Waals surface area contributed by atoms with Gasteiger partial charge in [-0.3, -0.25) is 0 Å². The maximum atomic E-state index is 12.0. The van der Waals surface area contributed by atoms with Gasteiger partial charge in [-0.25, -0.2) is 4.79 Å². The van der Waals surface area contributed by atoms with Crippen LogP contribution in [0, 0.1) is 0 Å². The smallest absolute Gasteiger partial charge is 0.319 e. The molecule has 1 aromatic rings. The summed E-state index contributed by atoms with van der Waals surface area (Å²) in [7, 11) is 0. The van der Waals surface area contributed by atoms with Gasteiger partial charge in [-0.05, 0) is 37.3 Å². The van der Waals surface area contributed by atoms with E-state index in [1.807, 2.05) is 30.5 Å². The Labute approximate surface area is 125 Å². The Morgan fingerprint density at radius 1 is 1.15 bits per heavy atom. The lowest BCUT2D eigenvalue weighted by Crippen LogP contribution is -2.38. The van der Waals surface area contributed by atoms with E-state index in [0.29, 0.717) is 6.04 Å². The molecule has 0 heterocycles. The molecule has 0 aromatic heterocycles. The van der Waals surface area contributed by atoms with Gasteiger partial charge < -0.3 is 10.6 Å². The second-order valence-electron chi connectivity index (χ2n) is 5.37. The highest BCUT2D eigenvalue weighted by atomic mass is 32.2. The van der Waals surface area contributed by atoms with E-state index in [4.69, 9.17) is 0 Å². The molecule has 1 fully saturated rings. The lowest BCUT2D eigenvalue weighted by Gasteiger charge is -2.21. The number of hydrogen-bond acceptors (Lipinski definition) is 2. The van der Waals surface area contributed by atoms with Crippen LogP contribution in [0.5, 0.6) is 0 Å². The van der Waals surface area contributed by atoms with E-state index in [9.17, 15) is 4.79 Å². The Kier molecular flexibility index (Phi) is 6.25. The van der Waals surface area contributed by atoms with Gasteiger partial charge in [0.15, 0.2) is 0 Å². The molecule has 0 aliphatic heterocycles. The van der Waals surface area contributed by atoms with Crippen molar-refractivity contribution in [3.05, 3.63) is 24.3 Å². The van der Waals surface area contributed by atoms with Crippen molar-refractivity contribution in [3.8, 4) is 0 Å². The Morgan fingerprint density at radius 2 is 1.85 bits per heavy atom. The quantitative estimate of drug-likeness (QED) is 0.797. The van der Waals surface area contributed by atoms with Crippen LogP contribution in [0.1, 0.15) is 44.9 Å². The van der Waals surface area contributed by atoms with E-state index < -0.39 is 0 Å². The fraction of sp³-hybridized carbons (Fsp3) is 0.562. The predicted molar refractivity (Wildman–Crippen MR) is 86.5 cm³/mol. The van der Waals surface area contributed by atoms with Crippen molar-refractivity contribution in [3.63, 3.8) is 0 Å². The number of urea groups is 1. The van der Waals surface area contributed by atoms with Crippen LogP contribution in [-0.2, 0) is 0 Å². The van der Waals surface area contributed by atoms with Crippen LogP contribution >= 0.6 is 11.8 Å². The van der Waals surface area contributed by atoms with Gasteiger partial charge >= 0.3 is 6.03 Å². The molecule has 20 heavy (non-hydrogen) atoms. The molecule has 0 spiro atoms. The molecular weight excluding hydrogens is 268 g/mol. The van der Waals surface area contributed by atoms with E-state index in [-0.39, 0.29) is 6.03 Å². The molecule has 3 nitrogen and oxygen atoms in total. The van der Waals surface area contributed by atoms with E-state index >= 15 is 0 Å². The Balaban J connectivity index is 1.84. The average molecular weight is 292 g/mol. The summed E-state index contributed by atoms with van der Waals surface area (Å²) in [4.78, 5) is 13.2. The summed E-state index contributed by atoms with van der Waals surface area (Å²) in [5.41, 5.74) is 0.861. The summed E-state index contributed by atoms with van der Waals surface area (Å²) in [5.74, 6) is 0. The van der Waals surface area contributed by atoms with Gasteiger partial charge in [0.1, 0.15) is 0 Å². The third-order valence-electron chi connectivity index (χ3n) is 3.77. The second kappa shape index (κ2) is 8.20. The Morgan fingerprint density at radius 3 is 2.55 bits per heavy atom. The zero-order valence-corrected chi connectivity index (χ0v) is 13.0. The molecule has 0 atom stereocenters. The van der Waals surface area contributed by atoms with Crippen molar-refractivity contribution in [1.82, 2.24) is 5.32 Å². The van der Waals surface area contributed by atoms with Crippen molar-refractivity contribution in [2.75, 3.05) is 11.6 Å². The molecule has 4 heteroatoms. The number of nitrogens with one attached hydrogen (secondary N) is 2. The van der Waals surface area contributed by atoms with Gasteiger partial charge in [-0.15, -0.1) is 11.8 Å². The van der Waals surface area contributed by atoms with E-state index in [1.165, 1.54) is 32.1 Å². The van der Waals surface area contributed by atoms with Crippen LogP contribution in [0.15, 0.2) is 29.2 Å². The number of carbonyl (C=O) groups is 1. The molecule has 2 N–H and O–H groups in total. The monoisotopic (exact) mass is 292 g/mol. The zero-order valence-electron chi connectivity index (χ0n) is 12.2. The largest absolute Gasteiger partial charge is 0.335 e. The normalized spacial score (nSPS) is 17.1.